The summed E-state index contributed by atoms with van der Waals surface area (Å²) in [4.78, 5) is 39.9. The molecule has 0 spiro atoms. The maximum absolute atomic E-state index is 13.8. The molecule has 52 heavy (non-hydrogen) atoms. The maximum Gasteiger partial charge on any atom is 0.311 e. The highest BCUT2D eigenvalue weighted by Crippen LogP contribution is 2.41. The number of nitrogens with zero attached hydrogens (tertiary/aromatic N) is 1. The first-order valence-electron chi connectivity index (χ1n) is 20.4. The molecule has 0 aliphatic heterocycles. The minimum absolute atomic E-state index is 0.0000650. The Balaban J connectivity index is 3.05. The molecule has 0 aromatic heterocycles. The van der Waals surface area contributed by atoms with Crippen molar-refractivity contribution in [2.75, 3.05) is 6.61 Å². The Labute approximate surface area is 319 Å². The second kappa shape index (κ2) is 23.9. The van der Waals surface area contributed by atoms with Crippen molar-refractivity contribution in [3.05, 3.63) is 35.9 Å². The summed E-state index contributed by atoms with van der Waals surface area (Å²) in [5.74, 6) is -4.02. The van der Waals surface area contributed by atoms with E-state index in [-0.39, 0.29) is 36.3 Å². The molecule has 8 heteroatoms. The van der Waals surface area contributed by atoms with Crippen molar-refractivity contribution >= 4 is 26.0 Å². The number of ether oxygens (including phenoxy) is 2. The number of hydrogen-bond acceptors (Lipinski definition) is 6. The van der Waals surface area contributed by atoms with Crippen LogP contribution >= 0.6 is 0 Å². The summed E-state index contributed by atoms with van der Waals surface area (Å²) < 4.78 is 11.7. The summed E-state index contributed by atoms with van der Waals surface area (Å²) >= 11 is 0. The highest BCUT2D eigenvalue weighted by atomic mass is 28.3. The molecule has 296 valence electrons. The molecule has 0 aliphatic rings. The summed E-state index contributed by atoms with van der Waals surface area (Å²) in [6, 6.07) is 12.5. The van der Waals surface area contributed by atoms with Crippen LogP contribution in [0.2, 0.25) is 24.7 Å². The number of aliphatic carboxylic acids is 1. The molecule has 1 rings (SSSR count). The van der Waals surface area contributed by atoms with Gasteiger partial charge in [0.05, 0.1) is 36.0 Å². The molecule has 0 saturated carbocycles. The number of rotatable bonds is 28. The van der Waals surface area contributed by atoms with Gasteiger partial charge in [0.2, 0.25) is 0 Å². The zero-order valence-corrected chi connectivity index (χ0v) is 35.7. The summed E-state index contributed by atoms with van der Waals surface area (Å²) in [6.45, 7) is 21.6. The summed E-state index contributed by atoms with van der Waals surface area (Å²) in [5.41, 5.74) is 0.0846. The average Bonchev–Trinajstić information content (AvgIpc) is 3.08. The van der Waals surface area contributed by atoms with E-state index >= 15 is 0 Å². The number of carbonyl (C=O) groups is 3. The Kier molecular flexibility index (Phi) is 21.8. The fraction of sp³-hybridized carbons (Fsp3) is 0.773. The van der Waals surface area contributed by atoms with E-state index in [0.717, 1.165) is 44.1 Å². The lowest BCUT2D eigenvalue weighted by Gasteiger charge is -2.37. The SMILES string of the molecule is CCCCCCCCCCC(C)OC(=O)C(CC(C#N)CC(CC)c1ccccc1)CC(CC(C)(C)C(=O)OCCCC(C)(C)[Si](C)(C)C)C(=O)O. The van der Waals surface area contributed by atoms with E-state index in [9.17, 15) is 24.8 Å². The van der Waals surface area contributed by atoms with Gasteiger partial charge in [-0.25, -0.2) is 0 Å². The third-order valence-corrected chi connectivity index (χ3v) is 15.9. The van der Waals surface area contributed by atoms with Crippen LogP contribution in [0.3, 0.4) is 0 Å². The van der Waals surface area contributed by atoms with E-state index in [1.165, 1.54) is 38.5 Å². The molecule has 0 amide bonds. The Hall–Kier alpha value is -2.66. The van der Waals surface area contributed by atoms with E-state index in [0.29, 0.717) is 13.0 Å². The first-order chi connectivity index (χ1) is 24.4. The number of hydrogen-bond donors (Lipinski definition) is 1. The van der Waals surface area contributed by atoms with Gasteiger partial charge in [-0.2, -0.15) is 5.26 Å². The Morgan fingerprint density at radius 2 is 1.44 bits per heavy atom. The van der Waals surface area contributed by atoms with E-state index in [2.05, 4.69) is 65.5 Å². The van der Waals surface area contributed by atoms with Gasteiger partial charge in [0.15, 0.2) is 0 Å². The van der Waals surface area contributed by atoms with E-state index in [4.69, 9.17) is 9.47 Å². The monoisotopic (exact) mass is 742 g/mol. The number of carboxylic acid groups (broad SMARTS) is 1. The maximum atomic E-state index is 13.8. The van der Waals surface area contributed by atoms with Gasteiger partial charge in [-0.15, -0.1) is 0 Å². The molecule has 5 atom stereocenters. The summed E-state index contributed by atoms with van der Waals surface area (Å²) in [5, 5.41) is 20.9. The molecular weight excluding hydrogens is 667 g/mol. The van der Waals surface area contributed by atoms with Crippen LogP contribution in [0, 0.1) is 34.5 Å². The molecule has 0 aliphatic carbocycles. The molecule has 0 heterocycles. The van der Waals surface area contributed by atoms with Crippen molar-refractivity contribution in [3.8, 4) is 6.07 Å². The van der Waals surface area contributed by atoms with Crippen LogP contribution in [0.4, 0.5) is 0 Å². The van der Waals surface area contributed by atoms with Gasteiger partial charge in [0.1, 0.15) is 0 Å². The number of unbranched alkanes of at least 4 members (excludes halogenated alkanes) is 7. The third kappa shape index (κ3) is 17.9. The minimum Gasteiger partial charge on any atom is -0.481 e. The number of carbonyl (C=O) groups excluding carboxylic acids is 2. The van der Waals surface area contributed by atoms with Crippen LogP contribution in [0.1, 0.15) is 163 Å². The third-order valence-electron chi connectivity index (χ3n) is 11.6. The van der Waals surface area contributed by atoms with Gasteiger partial charge in [0, 0.05) is 14.0 Å². The quantitative estimate of drug-likeness (QED) is 0.0516. The zero-order valence-electron chi connectivity index (χ0n) is 34.7. The molecule has 0 bridgehead atoms. The van der Waals surface area contributed by atoms with Crippen LogP contribution < -0.4 is 0 Å². The van der Waals surface area contributed by atoms with E-state index in [1.807, 2.05) is 25.1 Å². The topological polar surface area (TPSA) is 114 Å². The standard InChI is InChI=1S/C44H75NO6Si/c1-11-13-14-15-16-17-18-20-24-34(3)51-41(48)38(30-35(33-45)29-36(12-2)37-25-21-19-22-26-37)31-39(40(46)47)32-43(4,5)42(49)50-28-23-27-44(6,7)52(8,9)10/h19,21-22,25-26,34-36,38-39H,11-18,20,23-24,27-32H2,1-10H3,(H,46,47). The highest BCUT2D eigenvalue weighted by Gasteiger charge is 2.39. The Morgan fingerprint density at radius 3 is 1.98 bits per heavy atom. The van der Waals surface area contributed by atoms with Crippen molar-refractivity contribution in [1.29, 1.82) is 5.26 Å². The summed E-state index contributed by atoms with van der Waals surface area (Å²) in [6.07, 6.45) is 13.3. The predicted octanol–water partition coefficient (Wildman–Crippen LogP) is 12.1. The van der Waals surface area contributed by atoms with E-state index < -0.39 is 49.2 Å². The number of nitriles is 1. The van der Waals surface area contributed by atoms with Gasteiger partial charge >= 0.3 is 17.9 Å². The smallest absolute Gasteiger partial charge is 0.311 e. The second-order valence-electron chi connectivity index (χ2n) is 17.8. The van der Waals surface area contributed by atoms with Gasteiger partial charge in [-0.05, 0) is 95.1 Å². The number of benzene rings is 1. The lowest BCUT2D eigenvalue weighted by atomic mass is 9.76. The van der Waals surface area contributed by atoms with Gasteiger partial charge in [-0.3, -0.25) is 14.4 Å². The van der Waals surface area contributed by atoms with Crippen molar-refractivity contribution in [1.82, 2.24) is 0 Å². The van der Waals surface area contributed by atoms with Gasteiger partial charge < -0.3 is 14.6 Å². The van der Waals surface area contributed by atoms with Crippen LogP contribution in [0.25, 0.3) is 0 Å². The molecule has 1 N–H and O–H groups in total. The number of carboxylic acids is 1. The number of esters is 2. The lowest BCUT2D eigenvalue weighted by molar-refractivity contribution is -0.158. The minimum atomic E-state index is -1.39. The highest BCUT2D eigenvalue weighted by molar-refractivity contribution is 6.79. The van der Waals surface area contributed by atoms with Gasteiger partial charge in [0.25, 0.3) is 0 Å². The molecule has 0 saturated heterocycles. The molecule has 1 aromatic carbocycles. The molecule has 1 aromatic rings. The molecule has 7 nitrogen and oxygen atoms in total. The average molecular weight is 742 g/mol. The predicted molar refractivity (Wildman–Crippen MR) is 216 cm³/mol. The van der Waals surface area contributed by atoms with Crippen molar-refractivity contribution in [2.45, 2.75) is 188 Å². The first kappa shape index (κ1) is 47.4. The van der Waals surface area contributed by atoms with Crippen LogP contribution in [-0.2, 0) is 23.9 Å². The fourth-order valence-electron chi connectivity index (χ4n) is 6.92. The first-order valence-corrected chi connectivity index (χ1v) is 23.9. The van der Waals surface area contributed by atoms with Crippen molar-refractivity contribution < 1.29 is 29.0 Å². The Morgan fingerprint density at radius 1 is 0.846 bits per heavy atom. The van der Waals surface area contributed by atoms with Crippen LogP contribution in [0.15, 0.2) is 30.3 Å². The lowest BCUT2D eigenvalue weighted by Crippen LogP contribution is -2.36. The van der Waals surface area contributed by atoms with Crippen LogP contribution in [0.5, 0.6) is 0 Å². The second-order valence-corrected chi connectivity index (χ2v) is 23.6. The van der Waals surface area contributed by atoms with Crippen molar-refractivity contribution in [3.63, 3.8) is 0 Å². The normalized spacial score (nSPS) is 15.2. The largest absolute Gasteiger partial charge is 0.481 e. The Bertz CT molecular complexity index is 1220. The molecule has 0 fully saturated rings. The molecular formula is C44H75NO6Si. The van der Waals surface area contributed by atoms with Crippen LogP contribution in [-0.4, -0.2) is 43.8 Å². The summed E-state index contributed by atoms with van der Waals surface area (Å²) in [7, 11) is -1.39. The van der Waals surface area contributed by atoms with Crippen molar-refractivity contribution in [2.24, 2.45) is 23.2 Å². The van der Waals surface area contributed by atoms with E-state index in [1.54, 1.807) is 13.8 Å². The van der Waals surface area contributed by atoms with Gasteiger partial charge in [-0.1, -0.05) is 123 Å². The fourth-order valence-corrected chi connectivity index (χ4v) is 7.85. The zero-order chi connectivity index (χ0) is 39.4. The molecule has 5 unspecified atom stereocenters. The molecule has 0 radical (unpaired) electrons.